The van der Waals surface area contributed by atoms with Crippen molar-refractivity contribution in [3.63, 3.8) is 0 Å². The first-order chi connectivity index (χ1) is 10.5. The van der Waals surface area contributed by atoms with Crippen LogP contribution in [0.4, 0.5) is 10.1 Å². The molecule has 0 saturated heterocycles. The largest absolute Gasteiger partial charge is 0.376 e. The van der Waals surface area contributed by atoms with E-state index in [1.807, 2.05) is 25.1 Å². The molecule has 0 aromatic heterocycles. The lowest BCUT2D eigenvalue weighted by Gasteiger charge is -2.07. The molecule has 6 heteroatoms. The number of carbonyl (C=O) groups is 1. The van der Waals surface area contributed by atoms with Crippen molar-refractivity contribution < 1.29 is 9.18 Å². The highest BCUT2D eigenvalue weighted by Gasteiger charge is 2.01. The maximum absolute atomic E-state index is 12.7. The molecule has 0 spiro atoms. The Bertz CT molecular complexity index is 686. The predicted molar refractivity (Wildman–Crippen MR) is 94.5 cm³/mol. The van der Waals surface area contributed by atoms with Crippen molar-refractivity contribution in [2.24, 2.45) is 5.10 Å². The van der Waals surface area contributed by atoms with Crippen LogP contribution in [-0.4, -0.2) is 18.7 Å². The molecule has 4 nitrogen and oxygen atoms in total. The summed E-state index contributed by atoms with van der Waals surface area (Å²) in [4.78, 5) is 11.7. The molecule has 2 N–H and O–H groups in total. The Labute approximate surface area is 142 Å². The lowest BCUT2D eigenvalue weighted by molar-refractivity contribution is -0.119. The zero-order chi connectivity index (χ0) is 15.9. The summed E-state index contributed by atoms with van der Waals surface area (Å²) in [7, 11) is 0. The Morgan fingerprint density at radius 1 is 1.27 bits per heavy atom. The number of rotatable bonds is 5. The van der Waals surface area contributed by atoms with Gasteiger partial charge in [0.2, 0.25) is 0 Å². The second kappa shape index (κ2) is 7.88. The Morgan fingerprint density at radius 3 is 2.68 bits per heavy atom. The molecule has 2 rings (SSSR count). The smallest absolute Gasteiger partial charge is 0.259 e. The maximum Gasteiger partial charge on any atom is 0.259 e. The molecule has 2 aromatic carbocycles. The molecule has 0 bridgehead atoms. The molecule has 22 heavy (non-hydrogen) atoms. The second-order valence-electron chi connectivity index (χ2n) is 4.66. The quantitative estimate of drug-likeness (QED) is 0.451. The maximum atomic E-state index is 12.7. The molecule has 0 saturated carbocycles. The Morgan fingerprint density at radius 2 is 2.00 bits per heavy atom. The van der Waals surface area contributed by atoms with Crippen LogP contribution in [0.3, 0.4) is 0 Å². The predicted octanol–water partition coefficient (Wildman–Crippen LogP) is 3.30. The molecule has 0 heterocycles. The fraction of sp³-hybridized carbons (Fsp3) is 0.125. The van der Waals surface area contributed by atoms with E-state index in [1.165, 1.54) is 21.9 Å². The molecule has 0 unspecified atom stereocenters. The summed E-state index contributed by atoms with van der Waals surface area (Å²) in [5.74, 6) is -0.562. The van der Waals surface area contributed by atoms with Gasteiger partial charge < -0.3 is 5.32 Å². The van der Waals surface area contributed by atoms with Crippen molar-refractivity contribution in [2.75, 3.05) is 11.9 Å². The number of anilines is 1. The van der Waals surface area contributed by atoms with E-state index in [0.717, 1.165) is 11.3 Å². The summed E-state index contributed by atoms with van der Waals surface area (Å²) in [6.45, 7) is 2.14. The Hall–Kier alpha value is -1.96. The highest BCUT2D eigenvalue weighted by molar-refractivity contribution is 14.1. The molecule has 0 radical (unpaired) electrons. The van der Waals surface area contributed by atoms with Gasteiger partial charge in [-0.2, -0.15) is 5.10 Å². The number of nitrogens with zero attached hydrogens (tertiary/aromatic N) is 1. The first-order valence-electron chi connectivity index (χ1n) is 6.62. The molecule has 0 fully saturated rings. The van der Waals surface area contributed by atoms with Gasteiger partial charge in [-0.05, 0) is 71.0 Å². The van der Waals surface area contributed by atoms with Crippen LogP contribution in [0.5, 0.6) is 0 Å². The summed E-state index contributed by atoms with van der Waals surface area (Å²) < 4.78 is 13.9. The molecule has 2 aromatic rings. The van der Waals surface area contributed by atoms with Crippen LogP contribution in [0.15, 0.2) is 47.6 Å². The molecule has 0 atom stereocenters. The Kier molecular flexibility index (Phi) is 5.88. The topological polar surface area (TPSA) is 53.5 Å². The lowest BCUT2D eigenvalue weighted by atomic mass is 10.2. The molecule has 114 valence electrons. The van der Waals surface area contributed by atoms with Crippen LogP contribution < -0.4 is 10.7 Å². The van der Waals surface area contributed by atoms with E-state index in [1.54, 1.807) is 12.1 Å². The number of hydrogen-bond acceptors (Lipinski definition) is 3. The van der Waals surface area contributed by atoms with E-state index in [0.29, 0.717) is 5.56 Å². The highest BCUT2D eigenvalue weighted by Crippen LogP contribution is 2.16. The SMILES string of the molecule is Cc1cc(NCC(=O)N/N=C\c2ccc(F)cc2)ccc1I. The van der Waals surface area contributed by atoms with Crippen molar-refractivity contribution in [2.45, 2.75) is 6.92 Å². The Balaban J connectivity index is 1.80. The number of aryl methyl sites for hydroxylation is 1. The van der Waals surface area contributed by atoms with Gasteiger partial charge in [0.1, 0.15) is 5.82 Å². The van der Waals surface area contributed by atoms with E-state index in [2.05, 4.69) is 38.4 Å². The van der Waals surface area contributed by atoms with Crippen molar-refractivity contribution in [3.05, 3.63) is 63.0 Å². The lowest BCUT2D eigenvalue weighted by Crippen LogP contribution is -2.25. The second-order valence-corrected chi connectivity index (χ2v) is 5.82. The standard InChI is InChI=1S/C16H15FIN3O/c1-11-8-14(6-7-15(11)18)19-10-16(22)21-20-9-12-2-4-13(17)5-3-12/h2-9,19H,10H2,1H3,(H,21,22)/b20-9-. The molecular formula is C16H15FIN3O. The monoisotopic (exact) mass is 411 g/mol. The van der Waals surface area contributed by atoms with E-state index in [4.69, 9.17) is 0 Å². The van der Waals surface area contributed by atoms with Crippen molar-refractivity contribution in [1.82, 2.24) is 5.43 Å². The van der Waals surface area contributed by atoms with Crippen LogP contribution in [-0.2, 0) is 4.79 Å². The van der Waals surface area contributed by atoms with Gasteiger partial charge in [-0.15, -0.1) is 0 Å². The summed E-state index contributed by atoms with van der Waals surface area (Å²) in [6.07, 6.45) is 1.46. The van der Waals surface area contributed by atoms with Gasteiger partial charge in [0.05, 0.1) is 12.8 Å². The van der Waals surface area contributed by atoms with Gasteiger partial charge >= 0.3 is 0 Å². The molecule has 1 amide bonds. The van der Waals surface area contributed by atoms with Crippen molar-refractivity contribution >= 4 is 40.4 Å². The number of amides is 1. The molecule has 0 aliphatic rings. The van der Waals surface area contributed by atoms with Crippen molar-refractivity contribution in [3.8, 4) is 0 Å². The fourth-order valence-electron chi connectivity index (χ4n) is 1.70. The number of nitrogens with one attached hydrogen (secondary N) is 2. The number of carbonyl (C=O) groups excluding carboxylic acids is 1. The minimum absolute atomic E-state index is 0.126. The number of benzene rings is 2. The fourth-order valence-corrected chi connectivity index (χ4v) is 2.04. The van der Waals surface area contributed by atoms with Gasteiger partial charge in [0.25, 0.3) is 5.91 Å². The van der Waals surface area contributed by atoms with E-state index >= 15 is 0 Å². The number of hydrogen-bond donors (Lipinski definition) is 2. The molecular weight excluding hydrogens is 396 g/mol. The summed E-state index contributed by atoms with van der Waals surface area (Å²) in [5, 5.41) is 6.86. The van der Waals surface area contributed by atoms with Crippen LogP contribution in [0.2, 0.25) is 0 Å². The van der Waals surface area contributed by atoms with E-state index < -0.39 is 0 Å². The highest BCUT2D eigenvalue weighted by atomic mass is 127. The summed E-state index contributed by atoms with van der Waals surface area (Å²) in [6, 6.07) is 11.7. The van der Waals surface area contributed by atoms with Gasteiger partial charge in [-0.25, -0.2) is 9.82 Å². The third-order valence-corrected chi connectivity index (χ3v) is 4.09. The van der Waals surface area contributed by atoms with Crippen LogP contribution in [0.1, 0.15) is 11.1 Å². The summed E-state index contributed by atoms with van der Waals surface area (Å²) >= 11 is 2.26. The van der Waals surface area contributed by atoms with Gasteiger partial charge in [0, 0.05) is 9.26 Å². The zero-order valence-electron chi connectivity index (χ0n) is 11.9. The first kappa shape index (κ1) is 16.4. The molecule has 0 aliphatic carbocycles. The third kappa shape index (κ3) is 5.10. The minimum atomic E-state index is -0.307. The summed E-state index contributed by atoms with van der Waals surface area (Å²) in [5.41, 5.74) is 5.16. The van der Waals surface area contributed by atoms with E-state index in [-0.39, 0.29) is 18.3 Å². The zero-order valence-corrected chi connectivity index (χ0v) is 14.1. The van der Waals surface area contributed by atoms with Gasteiger partial charge in [0.15, 0.2) is 0 Å². The third-order valence-electron chi connectivity index (χ3n) is 2.88. The minimum Gasteiger partial charge on any atom is -0.376 e. The van der Waals surface area contributed by atoms with Gasteiger partial charge in [-0.1, -0.05) is 12.1 Å². The van der Waals surface area contributed by atoms with E-state index in [9.17, 15) is 9.18 Å². The van der Waals surface area contributed by atoms with Crippen LogP contribution in [0, 0.1) is 16.3 Å². The normalized spacial score (nSPS) is 10.7. The van der Waals surface area contributed by atoms with Crippen LogP contribution in [0.25, 0.3) is 0 Å². The average Bonchev–Trinajstić information content (AvgIpc) is 2.50. The average molecular weight is 411 g/mol. The first-order valence-corrected chi connectivity index (χ1v) is 7.70. The van der Waals surface area contributed by atoms with Gasteiger partial charge in [-0.3, -0.25) is 4.79 Å². The number of hydrazone groups is 1. The number of halogens is 2. The van der Waals surface area contributed by atoms with Crippen LogP contribution >= 0.6 is 22.6 Å². The van der Waals surface area contributed by atoms with Crippen molar-refractivity contribution in [1.29, 1.82) is 0 Å². The molecule has 0 aliphatic heterocycles.